The first kappa shape index (κ1) is 13.9. The van der Waals surface area contributed by atoms with Crippen molar-refractivity contribution in [3.8, 4) is 0 Å². The highest BCUT2D eigenvalue weighted by Gasteiger charge is 2.03. The van der Waals surface area contributed by atoms with Gasteiger partial charge < -0.3 is 9.73 Å². The van der Waals surface area contributed by atoms with Gasteiger partial charge in [-0.1, -0.05) is 30.3 Å². The molecule has 0 radical (unpaired) electrons. The van der Waals surface area contributed by atoms with Crippen molar-refractivity contribution < 1.29 is 4.42 Å². The SMILES string of the molecule is CC(CCc1ccco1)NCCCc1ccccc1. The molecule has 0 saturated heterocycles. The number of benzene rings is 1. The lowest BCUT2D eigenvalue weighted by atomic mass is 10.1. The Bertz CT molecular complexity index is 436. The number of hydrogen-bond acceptors (Lipinski definition) is 2. The number of rotatable bonds is 8. The van der Waals surface area contributed by atoms with Gasteiger partial charge in [-0.2, -0.15) is 0 Å². The van der Waals surface area contributed by atoms with Crippen molar-refractivity contribution in [1.29, 1.82) is 0 Å². The lowest BCUT2D eigenvalue weighted by Crippen LogP contribution is -2.27. The van der Waals surface area contributed by atoms with Gasteiger partial charge >= 0.3 is 0 Å². The second-order valence-corrected chi connectivity index (χ2v) is 5.06. The van der Waals surface area contributed by atoms with Crippen LogP contribution in [-0.2, 0) is 12.8 Å². The predicted molar refractivity (Wildman–Crippen MR) is 79.3 cm³/mol. The quantitative estimate of drug-likeness (QED) is 0.727. The average Bonchev–Trinajstić information content (AvgIpc) is 2.96. The highest BCUT2D eigenvalue weighted by Crippen LogP contribution is 2.06. The van der Waals surface area contributed by atoms with E-state index in [9.17, 15) is 0 Å². The van der Waals surface area contributed by atoms with Crippen molar-refractivity contribution in [2.45, 2.75) is 38.6 Å². The predicted octanol–water partition coefficient (Wildman–Crippen LogP) is 3.82. The summed E-state index contributed by atoms with van der Waals surface area (Å²) in [5, 5.41) is 3.57. The molecule has 0 amide bonds. The van der Waals surface area contributed by atoms with Gasteiger partial charge in [0.15, 0.2) is 0 Å². The van der Waals surface area contributed by atoms with Crippen LogP contribution in [0.1, 0.15) is 31.1 Å². The van der Waals surface area contributed by atoms with Gasteiger partial charge in [0.05, 0.1) is 6.26 Å². The Balaban J connectivity index is 1.55. The van der Waals surface area contributed by atoms with Gasteiger partial charge in [0.1, 0.15) is 5.76 Å². The maximum Gasteiger partial charge on any atom is 0.103 e. The second-order valence-electron chi connectivity index (χ2n) is 5.06. The molecule has 19 heavy (non-hydrogen) atoms. The normalized spacial score (nSPS) is 12.5. The Labute approximate surface area is 115 Å². The van der Waals surface area contributed by atoms with Crippen LogP contribution in [-0.4, -0.2) is 12.6 Å². The van der Waals surface area contributed by atoms with E-state index < -0.39 is 0 Å². The summed E-state index contributed by atoms with van der Waals surface area (Å²) in [6.07, 6.45) is 6.22. The molecule has 1 unspecified atom stereocenters. The molecule has 1 aromatic heterocycles. The summed E-state index contributed by atoms with van der Waals surface area (Å²) >= 11 is 0. The molecule has 0 aliphatic carbocycles. The molecule has 0 spiro atoms. The van der Waals surface area contributed by atoms with Crippen LogP contribution >= 0.6 is 0 Å². The van der Waals surface area contributed by atoms with Crippen LogP contribution in [0.5, 0.6) is 0 Å². The van der Waals surface area contributed by atoms with Crippen molar-refractivity contribution in [2.24, 2.45) is 0 Å². The van der Waals surface area contributed by atoms with E-state index >= 15 is 0 Å². The van der Waals surface area contributed by atoms with Gasteiger partial charge in [-0.3, -0.25) is 0 Å². The van der Waals surface area contributed by atoms with Crippen LogP contribution in [0, 0.1) is 0 Å². The van der Waals surface area contributed by atoms with Crippen molar-refractivity contribution in [1.82, 2.24) is 5.32 Å². The van der Waals surface area contributed by atoms with E-state index in [1.165, 1.54) is 12.0 Å². The van der Waals surface area contributed by atoms with E-state index in [1.807, 2.05) is 12.1 Å². The molecule has 2 aromatic rings. The van der Waals surface area contributed by atoms with Gasteiger partial charge in [0, 0.05) is 12.5 Å². The summed E-state index contributed by atoms with van der Waals surface area (Å²) in [5.41, 5.74) is 1.42. The van der Waals surface area contributed by atoms with Crippen molar-refractivity contribution in [3.05, 3.63) is 60.1 Å². The van der Waals surface area contributed by atoms with Crippen LogP contribution in [0.3, 0.4) is 0 Å². The van der Waals surface area contributed by atoms with Crippen molar-refractivity contribution in [3.63, 3.8) is 0 Å². The highest BCUT2D eigenvalue weighted by molar-refractivity contribution is 5.14. The zero-order valence-electron chi connectivity index (χ0n) is 11.6. The summed E-state index contributed by atoms with van der Waals surface area (Å²) in [6, 6.07) is 15.2. The lowest BCUT2D eigenvalue weighted by molar-refractivity contribution is 0.458. The molecule has 2 heteroatoms. The summed E-state index contributed by atoms with van der Waals surface area (Å²) < 4.78 is 5.34. The minimum absolute atomic E-state index is 0.542. The van der Waals surface area contributed by atoms with Gasteiger partial charge in [0.25, 0.3) is 0 Å². The molecular formula is C17H23NO. The van der Waals surface area contributed by atoms with Crippen LogP contribution in [0.2, 0.25) is 0 Å². The Morgan fingerprint density at radius 2 is 1.89 bits per heavy atom. The standard InChI is InChI=1S/C17H23NO/c1-15(11-12-17-10-6-14-19-17)18-13-5-9-16-7-3-2-4-8-16/h2-4,6-8,10,14-15,18H,5,9,11-13H2,1H3. The van der Waals surface area contributed by atoms with E-state index in [0.717, 1.165) is 31.6 Å². The molecule has 0 aliphatic heterocycles. The van der Waals surface area contributed by atoms with Crippen LogP contribution < -0.4 is 5.32 Å². The van der Waals surface area contributed by atoms with Crippen molar-refractivity contribution in [2.75, 3.05) is 6.54 Å². The minimum Gasteiger partial charge on any atom is -0.469 e. The molecule has 0 fully saturated rings. The van der Waals surface area contributed by atoms with Crippen LogP contribution in [0.4, 0.5) is 0 Å². The Kier molecular flexibility index (Phi) is 5.70. The summed E-state index contributed by atoms with van der Waals surface area (Å²) in [7, 11) is 0. The Morgan fingerprint density at radius 1 is 1.05 bits per heavy atom. The van der Waals surface area contributed by atoms with E-state index in [4.69, 9.17) is 4.42 Å². The lowest BCUT2D eigenvalue weighted by Gasteiger charge is -2.12. The third kappa shape index (κ3) is 5.31. The zero-order valence-corrected chi connectivity index (χ0v) is 11.6. The summed E-state index contributed by atoms with van der Waals surface area (Å²) in [4.78, 5) is 0. The third-order valence-electron chi connectivity index (χ3n) is 3.38. The molecule has 2 nitrogen and oxygen atoms in total. The fraction of sp³-hybridized carbons (Fsp3) is 0.412. The minimum atomic E-state index is 0.542. The van der Waals surface area contributed by atoms with E-state index in [0.29, 0.717) is 6.04 Å². The molecule has 1 atom stereocenters. The molecule has 0 aliphatic rings. The number of hydrogen-bond donors (Lipinski definition) is 1. The molecule has 0 saturated carbocycles. The number of aryl methyl sites for hydroxylation is 2. The molecule has 102 valence electrons. The van der Waals surface area contributed by atoms with Crippen LogP contribution in [0.15, 0.2) is 53.1 Å². The van der Waals surface area contributed by atoms with E-state index in [1.54, 1.807) is 6.26 Å². The maximum atomic E-state index is 5.34. The molecule has 1 N–H and O–H groups in total. The first-order chi connectivity index (χ1) is 9.34. The van der Waals surface area contributed by atoms with Gasteiger partial charge in [-0.25, -0.2) is 0 Å². The van der Waals surface area contributed by atoms with Crippen molar-refractivity contribution >= 4 is 0 Å². The smallest absolute Gasteiger partial charge is 0.103 e. The maximum absolute atomic E-state index is 5.34. The molecule has 1 heterocycles. The zero-order chi connectivity index (χ0) is 13.3. The largest absolute Gasteiger partial charge is 0.469 e. The first-order valence-corrected chi connectivity index (χ1v) is 7.14. The van der Waals surface area contributed by atoms with Gasteiger partial charge in [-0.15, -0.1) is 0 Å². The Morgan fingerprint density at radius 3 is 2.63 bits per heavy atom. The second kappa shape index (κ2) is 7.80. The van der Waals surface area contributed by atoms with Gasteiger partial charge in [-0.05, 0) is 50.4 Å². The average molecular weight is 257 g/mol. The molecule has 1 aromatic carbocycles. The summed E-state index contributed by atoms with van der Waals surface area (Å²) in [6.45, 7) is 3.32. The molecular weight excluding hydrogens is 234 g/mol. The van der Waals surface area contributed by atoms with Crippen LogP contribution in [0.25, 0.3) is 0 Å². The summed E-state index contributed by atoms with van der Waals surface area (Å²) in [5.74, 6) is 1.08. The van der Waals surface area contributed by atoms with E-state index in [2.05, 4.69) is 42.6 Å². The number of furan rings is 1. The fourth-order valence-corrected chi connectivity index (χ4v) is 2.20. The molecule has 0 bridgehead atoms. The van der Waals surface area contributed by atoms with E-state index in [-0.39, 0.29) is 0 Å². The number of nitrogens with one attached hydrogen (secondary N) is 1. The third-order valence-corrected chi connectivity index (χ3v) is 3.38. The first-order valence-electron chi connectivity index (χ1n) is 7.14. The molecule has 2 rings (SSSR count). The van der Waals surface area contributed by atoms with Gasteiger partial charge in [0.2, 0.25) is 0 Å². The Hall–Kier alpha value is -1.54. The topological polar surface area (TPSA) is 25.2 Å². The fourth-order valence-electron chi connectivity index (χ4n) is 2.20. The monoisotopic (exact) mass is 257 g/mol. The highest BCUT2D eigenvalue weighted by atomic mass is 16.3.